The number of benzene rings is 2. The van der Waals surface area contributed by atoms with E-state index in [1.54, 1.807) is 10.6 Å². The molecule has 0 unspecified atom stereocenters. The lowest BCUT2D eigenvalue weighted by molar-refractivity contribution is 0.946. The zero-order valence-electron chi connectivity index (χ0n) is 15.5. The molecule has 1 aromatic heterocycles. The van der Waals surface area contributed by atoms with E-state index in [4.69, 9.17) is 0 Å². The number of nitrogens with zero attached hydrogens (tertiary/aromatic N) is 3. The number of aromatic nitrogens is 2. The molecule has 0 aliphatic heterocycles. The standard InChI is InChI=1S/C21H24N4O/c1-4-15-10-9-11-17(14-15)25-20(26)18-12-7-8-13-19(18)22-21(25)24-23-16(5-2)6-3/h7-14H,4-6H2,1-3H3,(H,22,24). The molecule has 0 radical (unpaired) electrons. The van der Waals surface area contributed by atoms with Crippen molar-refractivity contribution >= 4 is 22.6 Å². The molecule has 0 saturated carbocycles. The molecule has 0 atom stereocenters. The summed E-state index contributed by atoms with van der Waals surface area (Å²) in [7, 11) is 0. The molecule has 0 aliphatic carbocycles. The molecule has 0 fully saturated rings. The molecule has 0 spiro atoms. The normalized spacial score (nSPS) is 10.7. The third-order valence-corrected chi connectivity index (χ3v) is 4.48. The lowest BCUT2D eigenvalue weighted by atomic mass is 10.1. The summed E-state index contributed by atoms with van der Waals surface area (Å²) in [6.07, 6.45) is 2.61. The fraction of sp³-hybridized carbons (Fsp3) is 0.286. The molecule has 0 amide bonds. The molecule has 2 aromatic carbocycles. The number of hydrazone groups is 1. The van der Waals surface area contributed by atoms with E-state index in [1.807, 2.05) is 36.4 Å². The Morgan fingerprint density at radius 2 is 1.85 bits per heavy atom. The van der Waals surface area contributed by atoms with Crippen molar-refractivity contribution in [1.29, 1.82) is 0 Å². The third-order valence-electron chi connectivity index (χ3n) is 4.48. The summed E-state index contributed by atoms with van der Waals surface area (Å²) in [5.41, 5.74) is 6.57. The van der Waals surface area contributed by atoms with E-state index < -0.39 is 0 Å². The van der Waals surface area contributed by atoms with E-state index in [0.29, 0.717) is 16.9 Å². The van der Waals surface area contributed by atoms with Crippen LogP contribution in [0.15, 0.2) is 58.4 Å². The highest BCUT2D eigenvalue weighted by Gasteiger charge is 2.13. The minimum absolute atomic E-state index is 0.101. The average molecular weight is 348 g/mol. The second kappa shape index (κ2) is 7.95. The topological polar surface area (TPSA) is 59.3 Å². The minimum atomic E-state index is -0.101. The SMILES string of the molecule is CCC(CC)=NNc1nc2ccccc2c(=O)n1-c1cccc(CC)c1. The lowest BCUT2D eigenvalue weighted by Gasteiger charge is -2.14. The first kappa shape index (κ1) is 17.9. The van der Waals surface area contributed by atoms with Gasteiger partial charge in [0.1, 0.15) is 0 Å². The predicted octanol–water partition coefficient (Wildman–Crippen LogP) is 4.54. The molecule has 3 aromatic rings. The highest BCUT2D eigenvalue weighted by Crippen LogP contribution is 2.18. The maximum atomic E-state index is 13.2. The minimum Gasteiger partial charge on any atom is -0.268 e. The van der Waals surface area contributed by atoms with E-state index in [-0.39, 0.29) is 5.56 Å². The Morgan fingerprint density at radius 1 is 1.08 bits per heavy atom. The Kier molecular flexibility index (Phi) is 5.46. The maximum absolute atomic E-state index is 13.2. The van der Waals surface area contributed by atoms with E-state index in [0.717, 1.165) is 30.7 Å². The highest BCUT2D eigenvalue weighted by molar-refractivity contribution is 5.84. The molecule has 1 N–H and O–H groups in total. The van der Waals surface area contributed by atoms with Gasteiger partial charge in [0.2, 0.25) is 5.95 Å². The van der Waals surface area contributed by atoms with Crippen LogP contribution in [0.2, 0.25) is 0 Å². The van der Waals surface area contributed by atoms with Crippen LogP contribution < -0.4 is 11.0 Å². The van der Waals surface area contributed by atoms with Crippen LogP contribution >= 0.6 is 0 Å². The quantitative estimate of drug-likeness (QED) is 0.526. The first-order valence-electron chi connectivity index (χ1n) is 9.10. The maximum Gasteiger partial charge on any atom is 0.267 e. The highest BCUT2D eigenvalue weighted by atomic mass is 16.1. The van der Waals surface area contributed by atoms with Gasteiger partial charge in [-0.25, -0.2) is 15.0 Å². The van der Waals surface area contributed by atoms with Crippen LogP contribution in [0.1, 0.15) is 39.2 Å². The molecule has 0 bridgehead atoms. The molecule has 0 aliphatic rings. The van der Waals surface area contributed by atoms with Crippen molar-refractivity contribution in [2.24, 2.45) is 5.10 Å². The molecule has 0 saturated heterocycles. The van der Waals surface area contributed by atoms with Crippen LogP contribution in [0.4, 0.5) is 5.95 Å². The second-order valence-corrected chi connectivity index (χ2v) is 6.11. The van der Waals surface area contributed by atoms with Crippen molar-refractivity contribution in [3.05, 3.63) is 64.4 Å². The van der Waals surface area contributed by atoms with Gasteiger partial charge in [-0.1, -0.05) is 45.0 Å². The van der Waals surface area contributed by atoms with Gasteiger partial charge < -0.3 is 0 Å². The summed E-state index contributed by atoms with van der Waals surface area (Å²) in [4.78, 5) is 17.8. The molecule has 5 nitrogen and oxygen atoms in total. The Hall–Kier alpha value is -2.95. The molecule has 134 valence electrons. The number of rotatable bonds is 6. The van der Waals surface area contributed by atoms with Crippen LogP contribution in [0.3, 0.4) is 0 Å². The van der Waals surface area contributed by atoms with Crippen LogP contribution in [0.25, 0.3) is 16.6 Å². The van der Waals surface area contributed by atoms with Crippen LogP contribution in [0.5, 0.6) is 0 Å². The first-order valence-corrected chi connectivity index (χ1v) is 9.10. The van der Waals surface area contributed by atoms with Gasteiger partial charge in [-0.15, -0.1) is 0 Å². The van der Waals surface area contributed by atoms with E-state index in [2.05, 4.69) is 42.3 Å². The molecule has 1 heterocycles. The third kappa shape index (κ3) is 3.52. The van der Waals surface area contributed by atoms with Crippen LogP contribution in [-0.4, -0.2) is 15.3 Å². The number of anilines is 1. The van der Waals surface area contributed by atoms with Crippen molar-refractivity contribution in [1.82, 2.24) is 9.55 Å². The largest absolute Gasteiger partial charge is 0.268 e. The van der Waals surface area contributed by atoms with Gasteiger partial charge in [-0.05, 0) is 49.1 Å². The summed E-state index contributed by atoms with van der Waals surface area (Å²) in [5, 5.41) is 5.04. The summed E-state index contributed by atoms with van der Waals surface area (Å²) in [6, 6.07) is 15.4. The number of para-hydroxylation sites is 1. The van der Waals surface area contributed by atoms with Gasteiger partial charge in [0.05, 0.1) is 16.6 Å². The average Bonchev–Trinajstić information content (AvgIpc) is 2.69. The van der Waals surface area contributed by atoms with Crippen molar-refractivity contribution in [3.8, 4) is 5.69 Å². The summed E-state index contributed by atoms with van der Waals surface area (Å²) in [5.74, 6) is 0.432. The van der Waals surface area contributed by atoms with Crippen LogP contribution in [0, 0.1) is 0 Å². The van der Waals surface area contributed by atoms with Gasteiger partial charge in [-0.3, -0.25) is 4.79 Å². The zero-order chi connectivity index (χ0) is 18.5. The Labute approximate surface area is 153 Å². The number of hydrogen-bond acceptors (Lipinski definition) is 4. The van der Waals surface area contributed by atoms with E-state index in [1.165, 1.54) is 5.56 Å². The second-order valence-electron chi connectivity index (χ2n) is 6.11. The summed E-state index contributed by atoms with van der Waals surface area (Å²) >= 11 is 0. The monoisotopic (exact) mass is 348 g/mol. The molecular formula is C21H24N4O. The van der Waals surface area contributed by atoms with Gasteiger partial charge in [0.25, 0.3) is 5.56 Å². The van der Waals surface area contributed by atoms with Crippen molar-refractivity contribution < 1.29 is 0 Å². The van der Waals surface area contributed by atoms with E-state index in [9.17, 15) is 4.79 Å². The molecule has 26 heavy (non-hydrogen) atoms. The zero-order valence-corrected chi connectivity index (χ0v) is 15.5. The smallest absolute Gasteiger partial charge is 0.267 e. The number of fused-ring (bicyclic) bond motifs is 1. The fourth-order valence-electron chi connectivity index (χ4n) is 2.90. The van der Waals surface area contributed by atoms with Gasteiger partial charge in [0.15, 0.2) is 0 Å². The molecule has 5 heteroatoms. The Balaban J connectivity index is 2.23. The first-order chi connectivity index (χ1) is 12.7. The van der Waals surface area contributed by atoms with Crippen molar-refractivity contribution in [2.75, 3.05) is 5.43 Å². The number of hydrogen-bond donors (Lipinski definition) is 1. The van der Waals surface area contributed by atoms with Crippen LogP contribution in [-0.2, 0) is 6.42 Å². The van der Waals surface area contributed by atoms with Crippen molar-refractivity contribution in [2.45, 2.75) is 40.0 Å². The lowest BCUT2D eigenvalue weighted by Crippen LogP contribution is -2.23. The van der Waals surface area contributed by atoms with E-state index >= 15 is 0 Å². The fourth-order valence-corrected chi connectivity index (χ4v) is 2.90. The van der Waals surface area contributed by atoms with Gasteiger partial charge in [0, 0.05) is 5.71 Å². The molecular weight excluding hydrogens is 324 g/mol. The number of aryl methyl sites for hydroxylation is 1. The number of nitrogens with one attached hydrogen (secondary N) is 1. The summed E-state index contributed by atoms with van der Waals surface area (Å²) in [6.45, 7) is 6.23. The Morgan fingerprint density at radius 3 is 2.58 bits per heavy atom. The van der Waals surface area contributed by atoms with Gasteiger partial charge >= 0.3 is 0 Å². The van der Waals surface area contributed by atoms with Crippen molar-refractivity contribution in [3.63, 3.8) is 0 Å². The predicted molar refractivity (Wildman–Crippen MR) is 108 cm³/mol. The Bertz CT molecular complexity index is 998. The molecule has 3 rings (SSSR count). The summed E-state index contributed by atoms with van der Waals surface area (Å²) < 4.78 is 1.61. The van der Waals surface area contributed by atoms with Gasteiger partial charge in [-0.2, -0.15) is 5.10 Å².